The van der Waals surface area contributed by atoms with Gasteiger partial charge < -0.3 is 15.5 Å². The molecule has 0 spiro atoms. The number of benzene rings is 2. The Morgan fingerprint density at radius 2 is 2.00 bits per heavy atom. The van der Waals surface area contributed by atoms with Crippen molar-refractivity contribution in [3.63, 3.8) is 0 Å². The number of rotatable bonds is 9. The third kappa shape index (κ3) is 6.79. The van der Waals surface area contributed by atoms with E-state index in [9.17, 15) is 14.9 Å². The highest BCUT2D eigenvalue weighted by Gasteiger charge is 2.10. The van der Waals surface area contributed by atoms with Gasteiger partial charge in [0.2, 0.25) is 11.0 Å². The lowest BCUT2D eigenvalue weighted by Gasteiger charge is -2.11. The zero-order valence-corrected chi connectivity index (χ0v) is 18.4. The van der Waals surface area contributed by atoms with E-state index in [1.54, 1.807) is 12.3 Å². The van der Waals surface area contributed by atoms with Crippen LogP contribution in [0.4, 0.5) is 22.2 Å². The summed E-state index contributed by atoms with van der Waals surface area (Å²) in [6, 6.07) is 13.9. The highest BCUT2D eigenvalue weighted by molar-refractivity contribution is 8.01. The number of carbonyl (C=O) groups excluding carboxylic acids is 1. The number of nitrogens with zero attached hydrogens (tertiary/aromatic N) is 4. The van der Waals surface area contributed by atoms with Crippen molar-refractivity contribution in [1.29, 1.82) is 0 Å². The van der Waals surface area contributed by atoms with Gasteiger partial charge in [0, 0.05) is 43.8 Å². The Labute approximate surface area is 187 Å². The number of non-ortho nitro benzene ring substituents is 1. The fourth-order valence-electron chi connectivity index (χ4n) is 2.44. The Balaban J connectivity index is 1.46. The summed E-state index contributed by atoms with van der Waals surface area (Å²) in [5.74, 6) is -0.165. The van der Waals surface area contributed by atoms with E-state index in [4.69, 9.17) is 0 Å². The molecule has 0 radical (unpaired) electrons. The lowest BCUT2D eigenvalue weighted by atomic mass is 10.2. The second-order valence-electron chi connectivity index (χ2n) is 6.48. The van der Waals surface area contributed by atoms with Crippen molar-refractivity contribution in [1.82, 2.24) is 10.2 Å². The fourth-order valence-corrected chi connectivity index (χ4v) is 3.97. The summed E-state index contributed by atoms with van der Waals surface area (Å²) in [4.78, 5) is 24.4. The van der Waals surface area contributed by atoms with E-state index in [0.717, 1.165) is 11.3 Å². The molecule has 0 fully saturated rings. The maximum absolute atomic E-state index is 12.1. The van der Waals surface area contributed by atoms with E-state index in [1.165, 1.54) is 41.3 Å². The van der Waals surface area contributed by atoms with E-state index in [2.05, 4.69) is 20.8 Å². The summed E-state index contributed by atoms with van der Waals surface area (Å²) in [7, 11) is 3.99. The van der Waals surface area contributed by atoms with Crippen LogP contribution in [0.1, 0.15) is 5.56 Å². The largest absolute Gasteiger partial charge is 0.378 e. The van der Waals surface area contributed by atoms with Gasteiger partial charge in [-0.3, -0.25) is 14.9 Å². The number of hydrogen-bond donors (Lipinski definition) is 2. The molecule has 3 aromatic rings. The van der Waals surface area contributed by atoms with Crippen LogP contribution < -0.4 is 15.5 Å². The van der Waals surface area contributed by atoms with E-state index in [-0.39, 0.29) is 17.3 Å². The Morgan fingerprint density at radius 1 is 1.23 bits per heavy atom. The molecule has 0 bridgehead atoms. The Hall–Kier alpha value is -3.44. The molecular formula is C20H20N6O3S2. The lowest BCUT2D eigenvalue weighted by molar-refractivity contribution is -0.384. The fraction of sp³-hybridized carbons (Fsp3) is 0.150. The van der Waals surface area contributed by atoms with Gasteiger partial charge in [0.1, 0.15) is 0 Å². The van der Waals surface area contributed by atoms with Crippen LogP contribution in [-0.2, 0) is 4.79 Å². The van der Waals surface area contributed by atoms with Gasteiger partial charge in [0.15, 0.2) is 4.34 Å². The number of hydrogen-bond acceptors (Lipinski definition) is 9. The first-order valence-electron chi connectivity index (χ1n) is 9.12. The highest BCUT2D eigenvalue weighted by Crippen LogP contribution is 2.26. The van der Waals surface area contributed by atoms with Gasteiger partial charge in [-0.1, -0.05) is 41.3 Å². The topological polar surface area (TPSA) is 113 Å². The molecule has 0 aliphatic rings. The van der Waals surface area contributed by atoms with Gasteiger partial charge in [-0.15, -0.1) is 10.2 Å². The average molecular weight is 457 g/mol. The van der Waals surface area contributed by atoms with Crippen molar-refractivity contribution in [3.05, 3.63) is 70.4 Å². The number of thioether (sulfide) groups is 1. The average Bonchev–Trinajstić information content (AvgIpc) is 3.20. The smallest absolute Gasteiger partial charge is 0.271 e. The van der Waals surface area contributed by atoms with E-state index >= 15 is 0 Å². The third-order valence-electron chi connectivity index (χ3n) is 3.97. The molecule has 0 atom stereocenters. The minimum atomic E-state index is -0.506. The first kappa shape index (κ1) is 22.2. The van der Waals surface area contributed by atoms with Crippen LogP contribution in [0.5, 0.6) is 0 Å². The van der Waals surface area contributed by atoms with Crippen molar-refractivity contribution in [2.75, 3.05) is 35.4 Å². The Morgan fingerprint density at radius 3 is 2.71 bits per heavy atom. The molecule has 160 valence electrons. The number of nitro benzene ring substituents is 1. The molecule has 0 saturated carbocycles. The van der Waals surface area contributed by atoms with Gasteiger partial charge in [0.25, 0.3) is 5.69 Å². The first-order chi connectivity index (χ1) is 14.9. The van der Waals surface area contributed by atoms with Crippen LogP contribution in [0.15, 0.2) is 59.1 Å². The van der Waals surface area contributed by atoms with Crippen LogP contribution >= 0.6 is 23.1 Å². The zero-order valence-electron chi connectivity index (χ0n) is 16.8. The van der Waals surface area contributed by atoms with Crippen molar-refractivity contribution >= 4 is 57.3 Å². The molecule has 1 aromatic heterocycles. The maximum Gasteiger partial charge on any atom is 0.271 e. The number of anilines is 3. The van der Waals surface area contributed by atoms with Crippen LogP contribution in [0.2, 0.25) is 0 Å². The predicted molar refractivity (Wildman–Crippen MR) is 126 cm³/mol. The zero-order chi connectivity index (χ0) is 22.2. The predicted octanol–water partition coefficient (Wildman–Crippen LogP) is 4.33. The van der Waals surface area contributed by atoms with E-state index in [1.807, 2.05) is 49.3 Å². The molecule has 11 heteroatoms. The SMILES string of the molecule is CN(C)c1ccc(/C=C/Nc2nnc(SCC(=O)Nc3cccc([N+](=O)[O-])c3)s2)cc1. The van der Waals surface area contributed by atoms with E-state index in [0.29, 0.717) is 15.2 Å². The molecular weight excluding hydrogens is 436 g/mol. The second-order valence-corrected chi connectivity index (χ2v) is 8.68. The molecule has 1 heterocycles. The van der Waals surface area contributed by atoms with Crippen molar-refractivity contribution in [2.45, 2.75) is 4.34 Å². The van der Waals surface area contributed by atoms with Crippen molar-refractivity contribution in [3.8, 4) is 0 Å². The lowest BCUT2D eigenvalue weighted by Crippen LogP contribution is -2.14. The highest BCUT2D eigenvalue weighted by atomic mass is 32.2. The van der Waals surface area contributed by atoms with Gasteiger partial charge in [-0.2, -0.15) is 0 Å². The van der Waals surface area contributed by atoms with Crippen LogP contribution in [0, 0.1) is 10.1 Å². The molecule has 0 aliphatic heterocycles. The summed E-state index contributed by atoms with van der Waals surface area (Å²) >= 11 is 2.57. The molecule has 1 amide bonds. The number of nitrogens with one attached hydrogen (secondary N) is 2. The summed E-state index contributed by atoms with van der Waals surface area (Å²) in [5, 5.41) is 25.2. The summed E-state index contributed by atoms with van der Waals surface area (Å²) in [5.41, 5.74) is 2.48. The summed E-state index contributed by atoms with van der Waals surface area (Å²) in [6.07, 6.45) is 3.72. The molecule has 9 nitrogen and oxygen atoms in total. The minimum absolute atomic E-state index is 0.0769. The second kappa shape index (κ2) is 10.5. The Bertz CT molecular complexity index is 1080. The van der Waals surface area contributed by atoms with E-state index < -0.39 is 4.92 Å². The monoisotopic (exact) mass is 456 g/mol. The molecule has 0 unspecified atom stereocenters. The summed E-state index contributed by atoms with van der Waals surface area (Å²) < 4.78 is 0.639. The minimum Gasteiger partial charge on any atom is -0.378 e. The molecule has 0 saturated heterocycles. The molecule has 31 heavy (non-hydrogen) atoms. The number of amides is 1. The number of aromatic nitrogens is 2. The van der Waals surface area contributed by atoms with Crippen LogP contribution in [0.3, 0.4) is 0 Å². The maximum atomic E-state index is 12.1. The molecule has 0 aliphatic carbocycles. The summed E-state index contributed by atoms with van der Waals surface area (Å²) in [6.45, 7) is 0. The number of nitro groups is 1. The first-order valence-corrected chi connectivity index (χ1v) is 10.9. The quantitative estimate of drug-likeness (QED) is 0.278. The molecule has 2 N–H and O–H groups in total. The third-order valence-corrected chi connectivity index (χ3v) is 5.95. The van der Waals surface area contributed by atoms with Crippen LogP contribution in [0.25, 0.3) is 6.08 Å². The molecule has 3 rings (SSSR count). The van der Waals surface area contributed by atoms with Gasteiger partial charge in [-0.05, 0) is 29.8 Å². The van der Waals surface area contributed by atoms with Gasteiger partial charge >= 0.3 is 0 Å². The van der Waals surface area contributed by atoms with Crippen molar-refractivity contribution in [2.24, 2.45) is 0 Å². The molecule has 2 aromatic carbocycles. The van der Waals surface area contributed by atoms with Crippen molar-refractivity contribution < 1.29 is 9.72 Å². The Kier molecular flexibility index (Phi) is 7.57. The number of carbonyl (C=O) groups is 1. The van der Waals surface area contributed by atoms with Gasteiger partial charge in [-0.25, -0.2) is 0 Å². The standard InChI is InChI=1S/C20H20N6O3S2/c1-25(2)16-8-6-14(7-9-16)10-11-21-19-23-24-20(31-19)30-13-18(27)22-15-4-3-5-17(12-15)26(28)29/h3-12H,13H2,1-2H3,(H,21,23)(H,22,27)/b11-10+. The van der Waals surface area contributed by atoms with Gasteiger partial charge in [0.05, 0.1) is 10.7 Å². The normalized spacial score (nSPS) is 10.8. The van der Waals surface area contributed by atoms with Crippen LogP contribution in [-0.4, -0.2) is 40.9 Å².